The van der Waals surface area contributed by atoms with Crippen LogP contribution in [-0.4, -0.2) is 14.7 Å². The Morgan fingerprint density at radius 1 is 1.31 bits per heavy atom. The van der Waals surface area contributed by atoms with E-state index in [1.165, 1.54) is 0 Å². The largest absolute Gasteiger partial charge is 0.508 e. The zero-order valence-electron chi connectivity index (χ0n) is 8.71. The van der Waals surface area contributed by atoms with Gasteiger partial charge in [-0.1, -0.05) is 6.07 Å². The predicted octanol–water partition coefficient (Wildman–Crippen LogP) is 3.01. The molecule has 2 heterocycles. The Hall–Kier alpha value is -1.81. The second kappa shape index (κ2) is 3.35. The zero-order chi connectivity index (χ0) is 11.1. The van der Waals surface area contributed by atoms with Gasteiger partial charge in [-0.25, -0.2) is 4.98 Å². The van der Waals surface area contributed by atoms with Crippen molar-refractivity contribution in [2.24, 2.45) is 7.05 Å². The highest BCUT2D eigenvalue weighted by Gasteiger charge is 2.10. The molecule has 0 spiro atoms. The SMILES string of the molecule is Cn1c(-c2cccs2)nc2cc(O)ccc21. The summed E-state index contributed by atoms with van der Waals surface area (Å²) in [7, 11) is 1.99. The smallest absolute Gasteiger partial charge is 0.150 e. The van der Waals surface area contributed by atoms with Crippen LogP contribution in [-0.2, 0) is 7.05 Å². The summed E-state index contributed by atoms with van der Waals surface area (Å²) in [4.78, 5) is 5.67. The van der Waals surface area contributed by atoms with Crippen molar-refractivity contribution in [3.8, 4) is 16.5 Å². The van der Waals surface area contributed by atoms with Crippen molar-refractivity contribution in [3.63, 3.8) is 0 Å². The van der Waals surface area contributed by atoms with Gasteiger partial charge in [-0.15, -0.1) is 11.3 Å². The van der Waals surface area contributed by atoms with E-state index in [0.29, 0.717) is 0 Å². The lowest BCUT2D eigenvalue weighted by Crippen LogP contribution is -1.89. The summed E-state index contributed by atoms with van der Waals surface area (Å²) in [6.45, 7) is 0. The molecular formula is C12H10N2OS. The molecule has 0 saturated carbocycles. The standard InChI is InChI=1S/C12H10N2OS/c1-14-10-5-4-8(15)7-9(10)13-12(14)11-3-2-6-16-11/h2-7,15H,1H3. The van der Waals surface area contributed by atoms with Crippen molar-refractivity contribution in [2.75, 3.05) is 0 Å². The Morgan fingerprint density at radius 2 is 2.19 bits per heavy atom. The van der Waals surface area contributed by atoms with Crippen LogP contribution in [0.25, 0.3) is 21.7 Å². The molecule has 4 heteroatoms. The van der Waals surface area contributed by atoms with E-state index < -0.39 is 0 Å². The number of thiophene rings is 1. The van der Waals surface area contributed by atoms with E-state index in [9.17, 15) is 5.11 Å². The highest BCUT2D eigenvalue weighted by molar-refractivity contribution is 7.13. The fourth-order valence-electron chi connectivity index (χ4n) is 1.81. The lowest BCUT2D eigenvalue weighted by Gasteiger charge is -1.98. The third-order valence-electron chi connectivity index (χ3n) is 2.61. The summed E-state index contributed by atoms with van der Waals surface area (Å²) in [6.07, 6.45) is 0. The Labute approximate surface area is 96.6 Å². The number of aryl methyl sites for hydroxylation is 1. The van der Waals surface area contributed by atoms with Crippen LogP contribution >= 0.6 is 11.3 Å². The zero-order valence-corrected chi connectivity index (χ0v) is 9.53. The van der Waals surface area contributed by atoms with Gasteiger partial charge in [0, 0.05) is 13.1 Å². The summed E-state index contributed by atoms with van der Waals surface area (Å²) < 4.78 is 2.04. The van der Waals surface area contributed by atoms with Crippen molar-refractivity contribution < 1.29 is 5.11 Å². The highest BCUT2D eigenvalue weighted by atomic mass is 32.1. The maximum atomic E-state index is 9.41. The Balaban J connectivity index is 2.31. The number of phenols is 1. The van der Waals surface area contributed by atoms with Crippen molar-refractivity contribution in [2.45, 2.75) is 0 Å². The van der Waals surface area contributed by atoms with Crippen LogP contribution in [0.15, 0.2) is 35.7 Å². The van der Waals surface area contributed by atoms with Gasteiger partial charge in [0.2, 0.25) is 0 Å². The predicted molar refractivity (Wildman–Crippen MR) is 65.7 cm³/mol. The molecule has 0 aliphatic carbocycles. The summed E-state index contributed by atoms with van der Waals surface area (Å²) in [6, 6.07) is 9.31. The molecule has 0 aliphatic heterocycles. The first-order valence-electron chi connectivity index (χ1n) is 4.95. The van der Waals surface area contributed by atoms with E-state index in [-0.39, 0.29) is 5.75 Å². The van der Waals surface area contributed by atoms with Crippen LogP contribution in [0, 0.1) is 0 Å². The number of hydrogen-bond acceptors (Lipinski definition) is 3. The average molecular weight is 230 g/mol. The molecule has 0 fully saturated rings. The fourth-order valence-corrected chi connectivity index (χ4v) is 2.56. The van der Waals surface area contributed by atoms with Crippen molar-refractivity contribution >= 4 is 22.4 Å². The van der Waals surface area contributed by atoms with Gasteiger partial charge in [-0.3, -0.25) is 0 Å². The Bertz CT molecular complexity index is 640. The first-order valence-corrected chi connectivity index (χ1v) is 5.83. The summed E-state index contributed by atoms with van der Waals surface area (Å²) in [5, 5.41) is 11.4. The molecule has 0 unspecified atom stereocenters. The molecule has 80 valence electrons. The van der Waals surface area contributed by atoms with E-state index in [4.69, 9.17) is 0 Å². The van der Waals surface area contributed by atoms with Gasteiger partial charge < -0.3 is 9.67 Å². The number of imidazole rings is 1. The quantitative estimate of drug-likeness (QED) is 0.697. The molecule has 3 rings (SSSR count). The molecule has 1 N–H and O–H groups in total. The van der Waals surface area contributed by atoms with Crippen LogP contribution < -0.4 is 0 Å². The van der Waals surface area contributed by atoms with Gasteiger partial charge in [0.1, 0.15) is 5.75 Å². The Morgan fingerprint density at radius 3 is 2.94 bits per heavy atom. The number of aromatic nitrogens is 2. The molecule has 0 aliphatic rings. The van der Waals surface area contributed by atoms with Gasteiger partial charge in [-0.05, 0) is 23.6 Å². The summed E-state index contributed by atoms with van der Waals surface area (Å²) >= 11 is 1.66. The van der Waals surface area contributed by atoms with Crippen LogP contribution in [0.2, 0.25) is 0 Å². The molecule has 0 radical (unpaired) electrons. The van der Waals surface area contributed by atoms with Crippen molar-refractivity contribution in [1.82, 2.24) is 9.55 Å². The third kappa shape index (κ3) is 1.31. The first kappa shape index (κ1) is 9.42. The van der Waals surface area contributed by atoms with Crippen molar-refractivity contribution in [1.29, 1.82) is 0 Å². The van der Waals surface area contributed by atoms with E-state index in [2.05, 4.69) is 4.98 Å². The van der Waals surface area contributed by atoms with Crippen LogP contribution in [0.4, 0.5) is 0 Å². The van der Waals surface area contributed by atoms with Gasteiger partial charge in [0.05, 0.1) is 15.9 Å². The maximum Gasteiger partial charge on any atom is 0.150 e. The summed E-state index contributed by atoms with van der Waals surface area (Å²) in [5.74, 6) is 1.19. The van der Waals surface area contributed by atoms with Gasteiger partial charge in [0.15, 0.2) is 5.82 Å². The van der Waals surface area contributed by atoms with Crippen LogP contribution in [0.5, 0.6) is 5.75 Å². The minimum Gasteiger partial charge on any atom is -0.508 e. The van der Waals surface area contributed by atoms with E-state index in [0.717, 1.165) is 21.7 Å². The fraction of sp³-hybridized carbons (Fsp3) is 0.0833. The average Bonchev–Trinajstić information content (AvgIpc) is 2.86. The molecule has 3 nitrogen and oxygen atoms in total. The number of nitrogens with zero attached hydrogens (tertiary/aromatic N) is 2. The number of fused-ring (bicyclic) bond motifs is 1. The summed E-state index contributed by atoms with van der Waals surface area (Å²) in [5.41, 5.74) is 1.85. The van der Waals surface area contributed by atoms with Crippen LogP contribution in [0.3, 0.4) is 0 Å². The van der Waals surface area contributed by atoms with Gasteiger partial charge in [-0.2, -0.15) is 0 Å². The van der Waals surface area contributed by atoms with E-state index in [1.54, 1.807) is 23.5 Å². The molecule has 0 saturated heterocycles. The highest BCUT2D eigenvalue weighted by Crippen LogP contribution is 2.28. The number of hydrogen-bond donors (Lipinski definition) is 1. The van der Waals surface area contributed by atoms with Crippen molar-refractivity contribution in [3.05, 3.63) is 35.7 Å². The molecule has 2 aromatic heterocycles. The number of benzene rings is 1. The number of rotatable bonds is 1. The second-order valence-corrected chi connectivity index (χ2v) is 4.59. The third-order valence-corrected chi connectivity index (χ3v) is 3.47. The topological polar surface area (TPSA) is 38.0 Å². The molecule has 16 heavy (non-hydrogen) atoms. The molecule has 0 amide bonds. The van der Waals surface area contributed by atoms with E-state index in [1.807, 2.05) is 35.2 Å². The van der Waals surface area contributed by atoms with E-state index >= 15 is 0 Å². The Kier molecular flexibility index (Phi) is 1.97. The monoisotopic (exact) mass is 230 g/mol. The minimum atomic E-state index is 0.253. The first-order chi connectivity index (χ1) is 7.75. The molecule has 3 aromatic rings. The molecule has 1 aromatic carbocycles. The minimum absolute atomic E-state index is 0.253. The lowest BCUT2D eigenvalue weighted by molar-refractivity contribution is 0.476. The second-order valence-electron chi connectivity index (χ2n) is 3.64. The number of aromatic hydroxyl groups is 1. The molecule has 0 bridgehead atoms. The molecular weight excluding hydrogens is 220 g/mol. The normalized spacial score (nSPS) is 11.1. The van der Waals surface area contributed by atoms with Gasteiger partial charge >= 0.3 is 0 Å². The lowest BCUT2D eigenvalue weighted by atomic mass is 10.3. The van der Waals surface area contributed by atoms with Crippen LogP contribution in [0.1, 0.15) is 0 Å². The number of phenolic OH excluding ortho intramolecular Hbond substituents is 1. The van der Waals surface area contributed by atoms with Gasteiger partial charge in [0.25, 0.3) is 0 Å². The molecule has 0 atom stereocenters. The maximum absolute atomic E-state index is 9.41.